The van der Waals surface area contributed by atoms with Crippen molar-refractivity contribution in [3.63, 3.8) is 0 Å². The lowest BCUT2D eigenvalue weighted by atomic mass is 10.1. The lowest BCUT2D eigenvalue weighted by Gasteiger charge is -2.20. The second-order valence-electron chi connectivity index (χ2n) is 7.58. The molecule has 0 fully saturated rings. The number of esters is 1. The number of thioether (sulfide) groups is 1. The van der Waals surface area contributed by atoms with Crippen molar-refractivity contribution < 1.29 is 14.3 Å². The van der Waals surface area contributed by atoms with Gasteiger partial charge >= 0.3 is 5.97 Å². The molecule has 1 aliphatic carbocycles. The molecule has 1 aliphatic rings. The molecule has 0 heterocycles. The van der Waals surface area contributed by atoms with Crippen molar-refractivity contribution >= 4 is 23.6 Å². The largest absolute Gasteiger partial charge is 0.460 e. The summed E-state index contributed by atoms with van der Waals surface area (Å²) in [6.45, 7) is 6.15. The van der Waals surface area contributed by atoms with E-state index < -0.39 is 5.60 Å². The van der Waals surface area contributed by atoms with Crippen LogP contribution in [0.2, 0.25) is 0 Å². The van der Waals surface area contributed by atoms with Crippen molar-refractivity contribution in [2.24, 2.45) is 0 Å². The molecule has 0 aromatic heterocycles. The van der Waals surface area contributed by atoms with E-state index in [1.807, 2.05) is 20.8 Å². The predicted molar refractivity (Wildman–Crippen MR) is 102 cm³/mol. The highest BCUT2D eigenvalue weighted by Gasteiger charge is 2.17. The van der Waals surface area contributed by atoms with Gasteiger partial charge < -0.3 is 9.64 Å². The van der Waals surface area contributed by atoms with E-state index in [1.54, 1.807) is 23.7 Å². The van der Waals surface area contributed by atoms with Crippen LogP contribution in [0.25, 0.3) is 0 Å². The first kappa shape index (κ1) is 19.8. The quantitative estimate of drug-likeness (QED) is 0.545. The van der Waals surface area contributed by atoms with Crippen LogP contribution in [0.15, 0.2) is 23.1 Å². The number of hydrogen-bond donors (Lipinski definition) is 0. The number of ether oxygens (including phenoxy) is 1. The van der Waals surface area contributed by atoms with E-state index in [4.69, 9.17) is 4.74 Å². The van der Waals surface area contributed by atoms with E-state index in [2.05, 4.69) is 18.2 Å². The van der Waals surface area contributed by atoms with Gasteiger partial charge in [-0.15, -0.1) is 11.8 Å². The van der Waals surface area contributed by atoms with Gasteiger partial charge in [-0.2, -0.15) is 0 Å². The molecule has 0 aliphatic heterocycles. The van der Waals surface area contributed by atoms with Gasteiger partial charge in [0.05, 0.1) is 5.75 Å². The van der Waals surface area contributed by atoms with Crippen LogP contribution in [0.1, 0.15) is 51.2 Å². The molecule has 0 unspecified atom stereocenters. The summed E-state index contributed by atoms with van der Waals surface area (Å²) in [5.74, 6) is 0.317. The van der Waals surface area contributed by atoms with E-state index in [1.165, 1.54) is 24.0 Å². The van der Waals surface area contributed by atoms with Crippen molar-refractivity contribution in [1.82, 2.24) is 4.90 Å². The van der Waals surface area contributed by atoms with Gasteiger partial charge in [0.1, 0.15) is 5.60 Å². The topological polar surface area (TPSA) is 46.6 Å². The van der Waals surface area contributed by atoms with E-state index in [-0.39, 0.29) is 11.9 Å². The van der Waals surface area contributed by atoms with Crippen molar-refractivity contribution in [1.29, 1.82) is 0 Å². The highest BCUT2D eigenvalue weighted by molar-refractivity contribution is 8.00. The number of aryl methyl sites for hydroxylation is 2. The van der Waals surface area contributed by atoms with Gasteiger partial charge in [0, 0.05) is 24.9 Å². The molecule has 5 heteroatoms. The summed E-state index contributed by atoms with van der Waals surface area (Å²) in [4.78, 5) is 26.8. The normalized spacial score (nSPS) is 13.4. The standard InChI is InChI=1S/C20H29NO3S/c1-20(2,3)24-19(23)9-6-12-21(4)18(22)14-25-17-11-10-15-7-5-8-16(15)13-17/h10-11,13H,5-9,12,14H2,1-4H3. The predicted octanol–water partition coefficient (Wildman–Crippen LogP) is 3.85. The minimum absolute atomic E-state index is 0.0923. The van der Waals surface area contributed by atoms with Gasteiger partial charge in [0.25, 0.3) is 0 Å². The molecule has 138 valence electrons. The molecular weight excluding hydrogens is 334 g/mol. The molecule has 2 rings (SSSR count). The lowest BCUT2D eigenvalue weighted by molar-refractivity contribution is -0.155. The first-order valence-electron chi connectivity index (χ1n) is 8.95. The van der Waals surface area contributed by atoms with Crippen molar-refractivity contribution in [2.45, 2.75) is 63.4 Å². The summed E-state index contributed by atoms with van der Waals surface area (Å²) in [6.07, 6.45) is 4.54. The van der Waals surface area contributed by atoms with Crippen LogP contribution in [-0.2, 0) is 27.2 Å². The summed E-state index contributed by atoms with van der Waals surface area (Å²) >= 11 is 1.59. The summed E-state index contributed by atoms with van der Waals surface area (Å²) in [6, 6.07) is 6.53. The molecule has 0 atom stereocenters. The van der Waals surface area contributed by atoms with E-state index in [0.29, 0.717) is 25.1 Å². The summed E-state index contributed by atoms with van der Waals surface area (Å²) in [5, 5.41) is 0. The molecule has 0 saturated carbocycles. The van der Waals surface area contributed by atoms with E-state index >= 15 is 0 Å². The Bertz CT molecular complexity index is 622. The van der Waals surface area contributed by atoms with E-state index in [0.717, 1.165) is 11.3 Å². The third-order valence-corrected chi connectivity index (χ3v) is 5.13. The highest BCUT2D eigenvalue weighted by atomic mass is 32.2. The Morgan fingerprint density at radius 3 is 2.64 bits per heavy atom. The SMILES string of the molecule is CN(CCCC(=O)OC(C)(C)C)C(=O)CSc1ccc2c(c1)CCC2. The smallest absolute Gasteiger partial charge is 0.306 e. The first-order valence-corrected chi connectivity index (χ1v) is 9.93. The van der Waals surface area contributed by atoms with Crippen molar-refractivity contribution in [3.05, 3.63) is 29.3 Å². The maximum Gasteiger partial charge on any atom is 0.306 e. The molecule has 1 aromatic rings. The summed E-state index contributed by atoms with van der Waals surface area (Å²) < 4.78 is 5.28. The van der Waals surface area contributed by atoms with Gasteiger partial charge in [-0.25, -0.2) is 0 Å². The Balaban J connectivity index is 1.69. The minimum Gasteiger partial charge on any atom is -0.460 e. The molecule has 0 spiro atoms. The maximum absolute atomic E-state index is 12.2. The number of benzene rings is 1. The maximum atomic E-state index is 12.2. The average molecular weight is 364 g/mol. The fourth-order valence-corrected chi connectivity index (χ4v) is 3.77. The number of rotatable bonds is 7. The van der Waals surface area contributed by atoms with Crippen LogP contribution in [-0.4, -0.2) is 41.7 Å². The molecular formula is C20H29NO3S. The number of carbonyl (C=O) groups excluding carboxylic acids is 2. The van der Waals surface area contributed by atoms with Gasteiger partial charge in [-0.1, -0.05) is 6.07 Å². The second kappa shape index (κ2) is 8.75. The first-order chi connectivity index (χ1) is 11.7. The monoisotopic (exact) mass is 363 g/mol. The van der Waals surface area contributed by atoms with Crippen LogP contribution in [0, 0.1) is 0 Å². The fraction of sp³-hybridized carbons (Fsp3) is 0.600. The Morgan fingerprint density at radius 2 is 1.92 bits per heavy atom. The molecule has 0 N–H and O–H groups in total. The third-order valence-electron chi connectivity index (χ3n) is 4.15. The van der Waals surface area contributed by atoms with Crippen molar-refractivity contribution in [2.75, 3.05) is 19.3 Å². The minimum atomic E-state index is -0.453. The molecule has 1 aromatic carbocycles. The molecule has 0 bridgehead atoms. The molecule has 4 nitrogen and oxygen atoms in total. The number of amides is 1. The molecule has 0 radical (unpaired) electrons. The van der Waals surface area contributed by atoms with Crippen LogP contribution < -0.4 is 0 Å². The van der Waals surface area contributed by atoms with Crippen LogP contribution >= 0.6 is 11.8 Å². The zero-order valence-electron chi connectivity index (χ0n) is 15.8. The van der Waals surface area contributed by atoms with Crippen LogP contribution in [0.3, 0.4) is 0 Å². The van der Waals surface area contributed by atoms with Gasteiger partial charge in [0.2, 0.25) is 5.91 Å². The Hall–Kier alpha value is -1.49. The van der Waals surface area contributed by atoms with Crippen LogP contribution in [0.4, 0.5) is 0 Å². The molecule has 25 heavy (non-hydrogen) atoms. The number of nitrogens with zero attached hydrogens (tertiary/aromatic N) is 1. The lowest BCUT2D eigenvalue weighted by Crippen LogP contribution is -2.30. The van der Waals surface area contributed by atoms with Crippen LogP contribution in [0.5, 0.6) is 0 Å². The number of hydrogen-bond acceptors (Lipinski definition) is 4. The van der Waals surface area contributed by atoms with Gasteiger partial charge in [-0.3, -0.25) is 9.59 Å². The van der Waals surface area contributed by atoms with Gasteiger partial charge in [0.15, 0.2) is 0 Å². The average Bonchev–Trinajstić information content (AvgIpc) is 2.98. The molecule has 0 saturated heterocycles. The zero-order valence-corrected chi connectivity index (χ0v) is 16.6. The third kappa shape index (κ3) is 6.73. The number of fused-ring (bicyclic) bond motifs is 1. The van der Waals surface area contributed by atoms with Crippen molar-refractivity contribution in [3.8, 4) is 0 Å². The Morgan fingerprint density at radius 1 is 1.20 bits per heavy atom. The van der Waals surface area contributed by atoms with E-state index in [9.17, 15) is 9.59 Å². The zero-order chi connectivity index (χ0) is 18.4. The summed E-state index contributed by atoms with van der Waals surface area (Å²) in [7, 11) is 1.79. The fourth-order valence-electron chi connectivity index (χ4n) is 2.87. The summed E-state index contributed by atoms with van der Waals surface area (Å²) in [5.41, 5.74) is 2.43. The van der Waals surface area contributed by atoms with Gasteiger partial charge in [-0.05, 0) is 69.7 Å². The second-order valence-corrected chi connectivity index (χ2v) is 8.63. The highest BCUT2D eigenvalue weighted by Crippen LogP contribution is 2.27. The Labute approximate surface area is 155 Å². The Kier molecular flexibility index (Phi) is 6.94. The molecule has 1 amide bonds. The number of carbonyl (C=O) groups is 2.